The van der Waals surface area contributed by atoms with Crippen LogP contribution in [0.4, 0.5) is 13.2 Å². The maximum atomic E-state index is 12.2. The predicted molar refractivity (Wildman–Crippen MR) is 57.6 cm³/mol. The number of rotatable bonds is 2. The van der Waals surface area contributed by atoms with Gasteiger partial charge in [-0.25, -0.2) is 0 Å². The van der Waals surface area contributed by atoms with E-state index in [1.807, 2.05) is 0 Å². The van der Waals surface area contributed by atoms with Crippen molar-refractivity contribution in [1.29, 1.82) is 0 Å². The van der Waals surface area contributed by atoms with Gasteiger partial charge in [-0.3, -0.25) is 0 Å². The topological polar surface area (TPSA) is 64.9 Å². The highest BCUT2D eigenvalue weighted by Gasteiger charge is 2.36. The largest absolute Gasteiger partial charge is 0.396 e. The van der Waals surface area contributed by atoms with Crippen molar-refractivity contribution in [1.82, 2.24) is 10.1 Å². The first-order chi connectivity index (χ1) is 8.39. The van der Waals surface area contributed by atoms with E-state index in [0.29, 0.717) is 12.8 Å². The molecule has 1 aromatic heterocycles. The molecule has 1 saturated carbocycles. The zero-order valence-electron chi connectivity index (χ0n) is 9.96. The second-order valence-electron chi connectivity index (χ2n) is 4.88. The molecule has 2 N–H and O–H groups in total. The number of alkyl halides is 3. The van der Waals surface area contributed by atoms with Crippen LogP contribution >= 0.6 is 0 Å². The van der Waals surface area contributed by atoms with Gasteiger partial charge >= 0.3 is 6.18 Å². The van der Waals surface area contributed by atoms with Crippen LogP contribution in [-0.4, -0.2) is 16.3 Å². The fourth-order valence-corrected chi connectivity index (χ4v) is 2.28. The third-order valence-corrected chi connectivity index (χ3v) is 3.25. The van der Waals surface area contributed by atoms with Crippen molar-refractivity contribution in [3.63, 3.8) is 0 Å². The van der Waals surface area contributed by atoms with E-state index in [0.717, 1.165) is 25.7 Å². The average molecular weight is 263 g/mol. The van der Waals surface area contributed by atoms with Gasteiger partial charge in [0.25, 0.3) is 0 Å². The lowest BCUT2D eigenvalue weighted by molar-refractivity contribution is -0.128. The van der Waals surface area contributed by atoms with Gasteiger partial charge in [0.05, 0.1) is 5.54 Å². The first-order valence-corrected chi connectivity index (χ1v) is 6.08. The monoisotopic (exact) mass is 263 g/mol. The lowest BCUT2D eigenvalue weighted by Gasteiger charge is -2.22. The number of hydrogen-bond acceptors (Lipinski definition) is 4. The molecule has 1 aromatic rings. The minimum Gasteiger partial charge on any atom is -0.337 e. The molecule has 0 aliphatic heterocycles. The first-order valence-electron chi connectivity index (χ1n) is 6.08. The van der Waals surface area contributed by atoms with Crippen LogP contribution < -0.4 is 5.73 Å². The Morgan fingerprint density at radius 1 is 1.17 bits per heavy atom. The van der Waals surface area contributed by atoms with Gasteiger partial charge in [0.1, 0.15) is 6.42 Å². The molecule has 7 heteroatoms. The quantitative estimate of drug-likeness (QED) is 0.833. The lowest BCUT2D eigenvalue weighted by atomic mass is 9.91. The smallest absolute Gasteiger partial charge is 0.337 e. The number of nitrogens with two attached hydrogens (primary N) is 1. The summed E-state index contributed by atoms with van der Waals surface area (Å²) in [5.41, 5.74) is 5.42. The molecule has 0 unspecified atom stereocenters. The van der Waals surface area contributed by atoms with Gasteiger partial charge in [-0.05, 0) is 12.8 Å². The minimum absolute atomic E-state index is 0.142. The van der Waals surface area contributed by atoms with Crippen molar-refractivity contribution in [3.05, 3.63) is 11.7 Å². The fourth-order valence-electron chi connectivity index (χ4n) is 2.28. The van der Waals surface area contributed by atoms with E-state index < -0.39 is 18.1 Å². The second-order valence-corrected chi connectivity index (χ2v) is 4.88. The summed E-state index contributed by atoms with van der Waals surface area (Å²) in [6.07, 6.45) is -0.0911. The molecule has 4 nitrogen and oxygen atoms in total. The second kappa shape index (κ2) is 4.87. The molecule has 0 spiro atoms. The van der Waals surface area contributed by atoms with E-state index >= 15 is 0 Å². The summed E-state index contributed by atoms with van der Waals surface area (Å²) in [4.78, 5) is 3.81. The molecule has 18 heavy (non-hydrogen) atoms. The van der Waals surface area contributed by atoms with Crippen molar-refractivity contribution in [3.8, 4) is 0 Å². The number of aromatic nitrogens is 2. The normalized spacial score (nSPS) is 20.7. The fraction of sp³-hybridized carbons (Fsp3) is 0.818. The van der Waals surface area contributed by atoms with E-state index in [4.69, 9.17) is 10.3 Å². The lowest BCUT2D eigenvalue weighted by Crippen LogP contribution is -2.36. The maximum absolute atomic E-state index is 12.2. The van der Waals surface area contributed by atoms with Gasteiger partial charge in [0.2, 0.25) is 5.89 Å². The van der Waals surface area contributed by atoms with E-state index in [2.05, 4.69) is 10.1 Å². The molecule has 0 bridgehead atoms. The average Bonchev–Trinajstić information content (AvgIpc) is 2.58. The van der Waals surface area contributed by atoms with Crippen molar-refractivity contribution in [2.75, 3.05) is 0 Å². The van der Waals surface area contributed by atoms with Crippen molar-refractivity contribution in [2.24, 2.45) is 5.73 Å². The van der Waals surface area contributed by atoms with Crippen molar-refractivity contribution < 1.29 is 17.7 Å². The van der Waals surface area contributed by atoms with E-state index in [1.165, 1.54) is 0 Å². The summed E-state index contributed by atoms with van der Waals surface area (Å²) in [7, 11) is 0. The summed E-state index contributed by atoms with van der Waals surface area (Å²) in [5.74, 6) is -0.199. The molecular formula is C11H16F3N3O. The van der Waals surface area contributed by atoms with Crippen LogP contribution in [0.3, 0.4) is 0 Å². The van der Waals surface area contributed by atoms with Gasteiger partial charge in [-0.15, -0.1) is 0 Å². The van der Waals surface area contributed by atoms with Crippen LogP contribution in [0, 0.1) is 0 Å². The Bertz CT molecular complexity index is 394. The number of hydrogen-bond donors (Lipinski definition) is 1. The molecule has 1 aliphatic carbocycles. The highest BCUT2D eigenvalue weighted by molar-refractivity contribution is 5.03. The van der Waals surface area contributed by atoms with Gasteiger partial charge in [-0.1, -0.05) is 30.8 Å². The Hall–Kier alpha value is -1.11. The third kappa shape index (κ3) is 3.22. The van der Waals surface area contributed by atoms with Crippen LogP contribution in [-0.2, 0) is 12.0 Å². The Kier molecular flexibility index (Phi) is 3.61. The molecule has 1 aliphatic rings. The Morgan fingerprint density at radius 2 is 1.78 bits per heavy atom. The summed E-state index contributed by atoms with van der Waals surface area (Å²) < 4.78 is 41.5. The van der Waals surface area contributed by atoms with Crippen LogP contribution in [0.1, 0.15) is 50.2 Å². The van der Waals surface area contributed by atoms with Crippen LogP contribution in [0.2, 0.25) is 0 Å². The number of nitrogens with zero attached hydrogens (tertiary/aromatic N) is 2. The third-order valence-electron chi connectivity index (χ3n) is 3.25. The SMILES string of the molecule is NC1(c2nc(CC(F)(F)F)no2)CCCCCC1. The summed E-state index contributed by atoms with van der Waals surface area (Å²) in [6.45, 7) is 0. The molecule has 2 rings (SSSR count). The molecular weight excluding hydrogens is 247 g/mol. The van der Waals surface area contributed by atoms with Crippen LogP contribution in [0.25, 0.3) is 0 Å². The Labute approximate surface area is 103 Å². The highest BCUT2D eigenvalue weighted by Crippen LogP contribution is 2.33. The predicted octanol–water partition coefficient (Wildman–Crippen LogP) is 2.68. The molecule has 1 fully saturated rings. The van der Waals surface area contributed by atoms with Crippen LogP contribution in [0.15, 0.2) is 4.52 Å². The summed E-state index contributed by atoms with van der Waals surface area (Å²) in [5, 5.41) is 3.37. The van der Waals surface area contributed by atoms with Crippen molar-refractivity contribution in [2.45, 2.75) is 56.7 Å². The maximum Gasteiger partial charge on any atom is 0.396 e. The summed E-state index contributed by atoms with van der Waals surface area (Å²) in [6, 6.07) is 0. The molecule has 0 radical (unpaired) electrons. The molecule has 1 heterocycles. The number of halogens is 3. The van der Waals surface area contributed by atoms with E-state index in [9.17, 15) is 13.2 Å². The van der Waals surface area contributed by atoms with Gasteiger partial charge in [-0.2, -0.15) is 18.2 Å². The van der Waals surface area contributed by atoms with Gasteiger partial charge < -0.3 is 10.3 Å². The van der Waals surface area contributed by atoms with E-state index in [-0.39, 0.29) is 11.7 Å². The Morgan fingerprint density at radius 3 is 2.33 bits per heavy atom. The summed E-state index contributed by atoms with van der Waals surface area (Å²) >= 11 is 0. The molecule has 0 saturated heterocycles. The zero-order valence-corrected chi connectivity index (χ0v) is 9.96. The molecule has 0 amide bonds. The minimum atomic E-state index is -4.33. The zero-order chi connectivity index (χ0) is 13.2. The highest BCUT2D eigenvalue weighted by atomic mass is 19.4. The van der Waals surface area contributed by atoms with Crippen molar-refractivity contribution >= 4 is 0 Å². The molecule has 102 valence electrons. The first kappa shape index (κ1) is 13.3. The Balaban J connectivity index is 2.13. The van der Waals surface area contributed by atoms with Crippen LogP contribution in [0.5, 0.6) is 0 Å². The standard InChI is InChI=1S/C11H16F3N3O/c12-11(13,14)7-8-16-9(18-17-8)10(15)5-3-1-2-4-6-10/h1-7,15H2. The van der Waals surface area contributed by atoms with E-state index in [1.54, 1.807) is 0 Å². The van der Waals surface area contributed by atoms with Gasteiger partial charge in [0.15, 0.2) is 5.82 Å². The van der Waals surface area contributed by atoms with Gasteiger partial charge in [0, 0.05) is 0 Å². The molecule has 0 aromatic carbocycles. The molecule has 0 atom stereocenters.